The van der Waals surface area contributed by atoms with Gasteiger partial charge in [-0.25, -0.2) is 0 Å². The molecule has 0 fully saturated rings. The standard InChI is InChI=1S/C10H12N4O/c1-7-5-8(3-4-12-7)10-14-13-9(15-10)6-11-2/h3-5,11H,6H2,1-2H3. The quantitative estimate of drug-likeness (QED) is 0.812. The Morgan fingerprint density at radius 1 is 1.40 bits per heavy atom. The molecule has 5 nitrogen and oxygen atoms in total. The minimum absolute atomic E-state index is 0.533. The molecule has 15 heavy (non-hydrogen) atoms. The molecule has 2 aromatic rings. The van der Waals surface area contributed by atoms with Gasteiger partial charge in [-0.1, -0.05) is 0 Å². The molecule has 0 bridgehead atoms. The van der Waals surface area contributed by atoms with Gasteiger partial charge in [-0.05, 0) is 26.1 Å². The first-order valence-corrected chi connectivity index (χ1v) is 4.69. The van der Waals surface area contributed by atoms with E-state index in [4.69, 9.17) is 4.42 Å². The number of aromatic nitrogens is 3. The highest BCUT2D eigenvalue weighted by molar-refractivity contribution is 5.52. The van der Waals surface area contributed by atoms with Crippen LogP contribution in [0.4, 0.5) is 0 Å². The van der Waals surface area contributed by atoms with Gasteiger partial charge in [0.05, 0.1) is 6.54 Å². The normalized spacial score (nSPS) is 10.5. The number of hydrogen-bond donors (Lipinski definition) is 1. The van der Waals surface area contributed by atoms with Crippen molar-refractivity contribution in [1.29, 1.82) is 0 Å². The number of aryl methyl sites for hydroxylation is 1. The molecule has 0 radical (unpaired) electrons. The molecular formula is C10H12N4O. The van der Waals surface area contributed by atoms with Crippen molar-refractivity contribution in [2.45, 2.75) is 13.5 Å². The van der Waals surface area contributed by atoms with Gasteiger partial charge in [-0.3, -0.25) is 4.98 Å². The van der Waals surface area contributed by atoms with E-state index in [9.17, 15) is 0 Å². The van der Waals surface area contributed by atoms with Gasteiger partial charge in [0, 0.05) is 17.5 Å². The zero-order valence-electron chi connectivity index (χ0n) is 8.69. The maximum atomic E-state index is 5.45. The number of hydrogen-bond acceptors (Lipinski definition) is 5. The van der Waals surface area contributed by atoms with Crippen molar-refractivity contribution in [1.82, 2.24) is 20.5 Å². The molecule has 2 aromatic heterocycles. The summed E-state index contributed by atoms with van der Waals surface area (Å²) >= 11 is 0. The van der Waals surface area contributed by atoms with E-state index in [-0.39, 0.29) is 0 Å². The van der Waals surface area contributed by atoms with Crippen molar-refractivity contribution in [3.05, 3.63) is 29.9 Å². The molecule has 5 heteroatoms. The lowest BCUT2D eigenvalue weighted by Gasteiger charge is -1.95. The van der Waals surface area contributed by atoms with Gasteiger partial charge in [-0.2, -0.15) is 0 Å². The number of pyridine rings is 1. The summed E-state index contributed by atoms with van der Waals surface area (Å²) < 4.78 is 5.45. The predicted octanol–water partition coefficient (Wildman–Crippen LogP) is 1.16. The van der Waals surface area contributed by atoms with Gasteiger partial charge in [0.2, 0.25) is 11.8 Å². The Bertz CT molecular complexity index is 452. The summed E-state index contributed by atoms with van der Waals surface area (Å²) in [4.78, 5) is 4.11. The molecule has 2 rings (SSSR count). The largest absolute Gasteiger partial charge is 0.419 e. The van der Waals surface area contributed by atoms with Crippen LogP contribution in [-0.4, -0.2) is 22.2 Å². The molecule has 0 saturated heterocycles. The number of rotatable bonds is 3. The summed E-state index contributed by atoms with van der Waals surface area (Å²) in [6.07, 6.45) is 1.73. The molecule has 78 valence electrons. The van der Waals surface area contributed by atoms with E-state index in [1.54, 1.807) is 6.20 Å². The van der Waals surface area contributed by atoms with Crippen LogP contribution >= 0.6 is 0 Å². The summed E-state index contributed by atoms with van der Waals surface area (Å²) in [5, 5.41) is 10.8. The number of nitrogens with zero attached hydrogens (tertiary/aromatic N) is 3. The zero-order chi connectivity index (χ0) is 10.7. The summed E-state index contributed by atoms with van der Waals surface area (Å²) in [6.45, 7) is 2.51. The molecule has 0 aliphatic heterocycles. The van der Waals surface area contributed by atoms with E-state index in [0.717, 1.165) is 11.3 Å². The first-order chi connectivity index (χ1) is 7.29. The van der Waals surface area contributed by atoms with Crippen LogP contribution in [0.5, 0.6) is 0 Å². The van der Waals surface area contributed by atoms with Gasteiger partial charge in [0.15, 0.2) is 0 Å². The molecule has 0 atom stereocenters. The van der Waals surface area contributed by atoms with E-state index in [0.29, 0.717) is 18.3 Å². The van der Waals surface area contributed by atoms with Crippen LogP contribution in [0.15, 0.2) is 22.7 Å². The fourth-order valence-corrected chi connectivity index (χ4v) is 1.27. The molecule has 0 amide bonds. The van der Waals surface area contributed by atoms with Crippen molar-refractivity contribution in [2.75, 3.05) is 7.05 Å². The Morgan fingerprint density at radius 2 is 2.27 bits per heavy atom. The molecule has 0 spiro atoms. The Hall–Kier alpha value is -1.75. The van der Waals surface area contributed by atoms with Crippen molar-refractivity contribution in [2.24, 2.45) is 0 Å². The van der Waals surface area contributed by atoms with E-state index < -0.39 is 0 Å². The van der Waals surface area contributed by atoms with E-state index >= 15 is 0 Å². The van der Waals surface area contributed by atoms with E-state index in [1.807, 2.05) is 26.1 Å². The van der Waals surface area contributed by atoms with Crippen LogP contribution in [0.25, 0.3) is 11.5 Å². The monoisotopic (exact) mass is 204 g/mol. The fraction of sp³-hybridized carbons (Fsp3) is 0.300. The Labute approximate surface area is 87.6 Å². The summed E-state index contributed by atoms with van der Waals surface area (Å²) in [5.74, 6) is 1.12. The van der Waals surface area contributed by atoms with Gasteiger partial charge >= 0.3 is 0 Å². The molecular weight excluding hydrogens is 192 g/mol. The minimum atomic E-state index is 0.533. The number of nitrogens with one attached hydrogen (secondary N) is 1. The first kappa shape index (κ1) is 9.79. The highest BCUT2D eigenvalue weighted by Gasteiger charge is 2.07. The second-order valence-corrected chi connectivity index (χ2v) is 3.22. The van der Waals surface area contributed by atoms with Crippen LogP contribution < -0.4 is 5.32 Å². The molecule has 2 heterocycles. The predicted molar refractivity (Wildman–Crippen MR) is 55.0 cm³/mol. The lowest BCUT2D eigenvalue weighted by molar-refractivity contribution is 0.490. The van der Waals surface area contributed by atoms with E-state index in [1.165, 1.54) is 0 Å². The van der Waals surface area contributed by atoms with Gasteiger partial charge < -0.3 is 9.73 Å². The smallest absolute Gasteiger partial charge is 0.247 e. The lowest BCUT2D eigenvalue weighted by Crippen LogP contribution is -2.04. The van der Waals surface area contributed by atoms with Crippen LogP contribution in [0.2, 0.25) is 0 Å². The summed E-state index contributed by atoms with van der Waals surface area (Å²) in [6, 6.07) is 3.76. The van der Waals surface area contributed by atoms with Crippen LogP contribution in [0.3, 0.4) is 0 Å². The minimum Gasteiger partial charge on any atom is -0.419 e. The molecule has 0 aromatic carbocycles. The van der Waals surface area contributed by atoms with Gasteiger partial charge in [0.1, 0.15) is 0 Å². The molecule has 0 saturated carbocycles. The van der Waals surface area contributed by atoms with E-state index in [2.05, 4.69) is 20.5 Å². The second kappa shape index (κ2) is 4.18. The maximum Gasteiger partial charge on any atom is 0.247 e. The van der Waals surface area contributed by atoms with Gasteiger partial charge in [-0.15, -0.1) is 10.2 Å². The third-order valence-corrected chi connectivity index (χ3v) is 1.94. The highest BCUT2D eigenvalue weighted by atomic mass is 16.4. The van der Waals surface area contributed by atoms with Crippen molar-refractivity contribution in [3.8, 4) is 11.5 Å². The second-order valence-electron chi connectivity index (χ2n) is 3.22. The highest BCUT2D eigenvalue weighted by Crippen LogP contribution is 2.17. The van der Waals surface area contributed by atoms with Crippen molar-refractivity contribution in [3.63, 3.8) is 0 Å². The molecule has 0 aliphatic rings. The van der Waals surface area contributed by atoms with Crippen LogP contribution in [0.1, 0.15) is 11.6 Å². The molecule has 0 unspecified atom stereocenters. The average molecular weight is 204 g/mol. The Balaban J connectivity index is 2.29. The van der Waals surface area contributed by atoms with Crippen LogP contribution in [0, 0.1) is 6.92 Å². The summed E-state index contributed by atoms with van der Waals surface area (Å²) in [7, 11) is 1.83. The third kappa shape index (κ3) is 2.19. The lowest BCUT2D eigenvalue weighted by atomic mass is 10.2. The zero-order valence-corrected chi connectivity index (χ0v) is 8.69. The van der Waals surface area contributed by atoms with Crippen LogP contribution in [-0.2, 0) is 6.54 Å². The topological polar surface area (TPSA) is 63.8 Å². The Kier molecular flexibility index (Phi) is 2.73. The van der Waals surface area contributed by atoms with Gasteiger partial charge in [0.25, 0.3) is 0 Å². The average Bonchev–Trinajstić information content (AvgIpc) is 2.67. The maximum absolute atomic E-state index is 5.45. The first-order valence-electron chi connectivity index (χ1n) is 4.69. The third-order valence-electron chi connectivity index (χ3n) is 1.94. The SMILES string of the molecule is CNCc1nnc(-c2ccnc(C)c2)o1. The molecule has 0 aliphatic carbocycles. The fourth-order valence-electron chi connectivity index (χ4n) is 1.27. The molecule has 1 N–H and O–H groups in total. The van der Waals surface area contributed by atoms with Crippen molar-refractivity contribution < 1.29 is 4.42 Å². The van der Waals surface area contributed by atoms with Crippen molar-refractivity contribution >= 4 is 0 Å². The summed E-state index contributed by atoms with van der Waals surface area (Å²) in [5.41, 5.74) is 1.83. The Morgan fingerprint density at radius 3 is 3.00 bits per heavy atom.